The number of thiazole rings is 1. The first-order chi connectivity index (χ1) is 11.6. The Morgan fingerprint density at radius 3 is 2.75 bits per heavy atom. The van der Waals surface area contributed by atoms with Crippen LogP contribution < -0.4 is 5.32 Å². The van der Waals surface area contributed by atoms with Crippen LogP contribution in [-0.4, -0.2) is 28.9 Å². The maximum Gasteiger partial charge on any atom is 0.230 e. The number of aryl methyl sites for hydroxylation is 2. The smallest absolute Gasteiger partial charge is 0.230 e. The molecule has 0 unspecified atom stereocenters. The van der Waals surface area contributed by atoms with Crippen LogP contribution in [0.2, 0.25) is 0 Å². The normalized spacial score (nSPS) is 15.4. The Balaban J connectivity index is 1.59. The topological polar surface area (TPSA) is 45.2 Å². The molecule has 1 saturated heterocycles. The SMILES string of the molecule is Cc1nc(CC(=O)Nc2cccc(CN3CCCCC3)c2)c(C)s1. The molecule has 2 aromatic rings. The van der Waals surface area contributed by atoms with E-state index in [1.165, 1.54) is 37.9 Å². The van der Waals surface area contributed by atoms with E-state index in [1.807, 2.05) is 26.0 Å². The highest BCUT2D eigenvalue weighted by atomic mass is 32.1. The highest BCUT2D eigenvalue weighted by Crippen LogP contribution is 2.19. The average Bonchev–Trinajstić information content (AvgIpc) is 2.86. The summed E-state index contributed by atoms with van der Waals surface area (Å²) in [5.41, 5.74) is 3.02. The summed E-state index contributed by atoms with van der Waals surface area (Å²) in [6.07, 6.45) is 4.28. The van der Waals surface area contributed by atoms with E-state index in [0.29, 0.717) is 6.42 Å². The maximum absolute atomic E-state index is 12.3. The van der Waals surface area contributed by atoms with Crippen LogP contribution in [0.3, 0.4) is 0 Å². The number of hydrogen-bond donors (Lipinski definition) is 1. The van der Waals surface area contributed by atoms with Gasteiger partial charge in [-0.15, -0.1) is 11.3 Å². The van der Waals surface area contributed by atoms with Gasteiger partial charge in [-0.2, -0.15) is 0 Å². The fourth-order valence-corrected chi connectivity index (χ4v) is 4.05. The largest absolute Gasteiger partial charge is 0.326 e. The molecule has 4 nitrogen and oxygen atoms in total. The van der Waals surface area contributed by atoms with Crippen LogP contribution in [0.1, 0.15) is 40.4 Å². The van der Waals surface area contributed by atoms with Crippen molar-refractivity contribution in [3.05, 3.63) is 45.4 Å². The van der Waals surface area contributed by atoms with Crippen molar-refractivity contribution in [1.82, 2.24) is 9.88 Å². The summed E-state index contributed by atoms with van der Waals surface area (Å²) in [7, 11) is 0. The molecule has 0 saturated carbocycles. The highest BCUT2D eigenvalue weighted by molar-refractivity contribution is 7.11. The van der Waals surface area contributed by atoms with E-state index in [2.05, 4.69) is 27.3 Å². The molecule has 0 spiro atoms. The maximum atomic E-state index is 12.3. The molecular weight excluding hydrogens is 318 g/mol. The third-order valence-electron chi connectivity index (χ3n) is 4.39. The van der Waals surface area contributed by atoms with E-state index in [9.17, 15) is 4.79 Å². The van der Waals surface area contributed by atoms with E-state index < -0.39 is 0 Å². The number of hydrogen-bond acceptors (Lipinski definition) is 4. The van der Waals surface area contributed by atoms with E-state index in [-0.39, 0.29) is 5.91 Å². The van der Waals surface area contributed by atoms with Crippen molar-refractivity contribution in [3.8, 4) is 0 Å². The molecule has 1 N–H and O–H groups in total. The molecule has 2 heterocycles. The van der Waals surface area contributed by atoms with Crippen LogP contribution >= 0.6 is 11.3 Å². The first-order valence-electron chi connectivity index (χ1n) is 8.64. The van der Waals surface area contributed by atoms with Gasteiger partial charge in [0.1, 0.15) is 0 Å². The van der Waals surface area contributed by atoms with E-state index >= 15 is 0 Å². The number of carbonyl (C=O) groups excluding carboxylic acids is 1. The van der Waals surface area contributed by atoms with Crippen molar-refractivity contribution < 1.29 is 4.79 Å². The zero-order chi connectivity index (χ0) is 16.9. The lowest BCUT2D eigenvalue weighted by Gasteiger charge is -2.26. The third-order valence-corrected chi connectivity index (χ3v) is 5.32. The monoisotopic (exact) mass is 343 g/mol. The van der Waals surface area contributed by atoms with E-state index in [4.69, 9.17) is 0 Å². The number of carbonyl (C=O) groups is 1. The van der Waals surface area contributed by atoms with Crippen molar-refractivity contribution >= 4 is 22.9 Å². The summed E-state index contributed by atoms with van der Waals surface area (Å²) >= 11 is 1.64. The van der Waals surface area contributed by atoms with Gasteiger partial charge in [0.2, 0.25) is 5.91 Å². The molecule has 1 amide bonds. The van der Waals surface area contributed by atoms with E-state index in [1.54, 1.807) is 11.3 Å². The molecule has 3 rings (SSSR count). The minimum atomic E-state index is -0.00137. The summed E-state index contributed by atoms with van der Waals surface area (Å²) < 4.78 is 0. The average molecular weight is 343 g/mol. The van der Waals surface area contributed by atoms with Crippen LogP contribution in [0.4, 0.5) is 5.69 Å². The Hall–Kier alpha value is -1.72. The van der Waals surface area contributed by atoms with Gasteiger partial charge < -0.3 is 5.32 Å². The molecule has 1 aliphatic rings. The van der Waals surface area contributed by atoms with Gasteiger partial charge in [-0.25, -0.2) is 4.98 Å². The number of benzene rings is 1. The number of anilines is 1. The fraction of sp³-hybridized carbons (Fsp3) is 0.474. The van der Waals surface area contributed by atoms with Gasteiger partial charge in [0.25, 0.3) is 0 Å². The van der Waals surface area contributed by atoms with E-state index in [0.717, 1.165) is 27.8 Å². The minimum absolute atomic E-state index is 0.00137. The number of nitrogens with one attached hydrogen (secondary N) is 1. The minimum Gasteiger partial charge on any atom is -0.326 e. The number of aromatic nitrogens is 1. The highest BCUT2D eigenvalue weighted by Gasteiger charge is 2.12. The zero-order valence-electron chi connectivity index (χ0n) is 14.5. The Morgan fingerprint density at radius 1 is 1.25 bits per heavy atom. The summed E-state index contributed by atoms with van der Waals surface area (Å²) in [6.45, 7) is 7.32. The van der Waals surface area contributed by atoms with Crippen molar-refractivity contribution in [2.75, 3.05) is 18.4 Å². The Kier molecular flexibility index (Phi) is 5.63. The van der Waals surface area contributed by atoms with Crippen LogP contribution in [-0.2, 0) is 17.8 Å². The number of rotatable bonds is 5. The standard InChI is InChI=1S/C19H25N3OS/c1-14-18(20-15(2)24-14)12-19(23)21-17-8-6-7-16(11-17)13-22-9-4-3-5-10-22/h6-8,11H,3-5,9-10,12-13H2,1-2H3,(H,21,23). The fourth-order valence-electron chi connectivity index (χ4n) is 3.22. The number of amides is 1. The van der Waals surface area contributed by atoms with Gasteiger partial charge in [-0.3, -0.25) is 9.69 Å². The van der Waals surface area contributed by atoms with Crippen molar-refractivity contribution in [2.24, 2.45) is 0 Å². The van der Waals surface area contributed by atoms with Gasteiger partial charge in [-0.05, 0) is 57.5 Å². The predicted molar refractivity (Wildman–Crippen MR) is 99.5 cm³/mol. The van der Waals surface area contributed by atoms with Crippen LogP contribution in [0, 0.1) is 13.8 Å². The molecule has 1 aromatic carbocycles. The van der Waals surface area contributed by atoms with Crippen LogP contribution in [0.5, 0.6) is 0 Å². The first-order valence-corrected chi connectivity index (χ1v) is 9.46. The lowest BCUT2D eigenvalue weighted by molar-refractivity contribution is -0.115. The predicted octanol–water partition coefficient (Wildman–Crippen LogP) is 3.93. The molecule has 1 fully saturated rings. The molecule has 0 atom stereocenters. The summed E-state index contributed by atoms with van der Waals surface area (Å²) in [5.74, 6) is -0.00137. The Morgan fingerprint density at radius 2 is 2.04 bits per heavy atom. The molecule has 0 bridgehead atoms. The van der Waals surface area contributed by atoms with Crippen LogP contribution in [0.25, 0.3) is 0 Å². The second-order valence-electron chi connectivity index (χ2n) is 6.50. The quantitative estimate of drug-likeness (QED) is 0.895. The summed E-state index contributed by atoms with van der Waals surface area (Å²) in [5, 5.41) is 4.02. The third kappa shape index (κ3) is 4.65. The van der Waals surface area contributed by atoms with Gasteiger partial charge >= 0.3 is 0 Å². The van der Waals surface area contributed by atoms with Crippen LogP contribution in [0.15, 0.2) is 24.3 Å². The second-order valence-corrected chi connectivity index (χ2v) is 7.91. The summed E-state index contributed by atoms with van der Waals surface area (Å²) in [4.78, 5) is 20.3. The number of piperidine rings is 1. The molecule has 1 aromatic heterocycles. The molecule has 1 aliphatic heterocycles. The lowest BCUT2D eigenvalue weighted by atomic mass is 10.1. The molecule has 0 aliphatic carbocycles. The second kappa shape index (κ2) is 7.90. The zero-order valence-corrected chi connectivity index (χ0v) is 15.3. The molecule has 24 heavy (non-hydrogen) atoms. The van der Waals surface area contributed by atoms with Gasteiger partial charge in [0.15, 0.2) is 0 Å². The number of likely N-dealkylation sites (tertiary alicyclic amines) is 1. The lowest BCUT2D eigenvalue weighted by Crippen LogP contribution is -2.29. The van der Waals surface area contributed by atoms with Crippen molar-refractivity contribution in [1.29, 1.82) is 0 Å². The molecule has 5 heteroatoms. The molecule has 128 valence electrons. The van der Waals surface area contributed by atoms with Gasteiger partial charge in [0, 0.05) is 17.1 Å². The van der Waals surface area contributed by atoms with Gasteiger partial charge in [-0.1, -0.05) is 18.6 Å². The Bertz CT molecular complexity index is 704. The van der Waals surface area contributed by atoms with Crippen molar-refractivity contribution in [3.63, 3.8) is 0 Å². The van der Waals surface area contributed by atoms with Gasteiger partial charge in [0.05, 0.1) is 17.1 Å². The summed E-state index contributed by atoms with van der Waals surface area (Å²) in [6, 6.07) is 8.20. The Labute approximate surface area is 147 Å². The first kappa shape index (κ1) is 17.1. The molecular formula is C19H25N3OS. The molecule has 0 radical (unpaired) electrons. The van der Waals surface area contributed by atoms with Crippen molar-refractivity contribution in [2.45, 2.75) is 46.1 Å². The number of nitrogens with zero attached hydrogens (tertiary/aromatic N) is 2.